The van der Waals surface area contributed by atoms with Crippen LogP contribution in [0.4, 0.5) is 14.5 Å². The number of halogens is 3. The Morgan fingerprint density at radius 3 is 2.36 bits per heavy atom. The Morgan fingerprint density at radius 2 is 1.72 bits per heavy atom. The minimum absolute atomic E-state index is 0.111. The van der Waals surface area contributed by atoms with Gasteiger partial charge in [-0.05, 0) is 62.4 Å². The van der Waals surface area contributed by atoms with Crippen molar-refractivity contribution in [1.29, 1.82) is 0 Å². The number of benzene rings is 2. The van der Waals surface area contributed by atoms with Crippen molar-refractivity contribution in [3.05, 3.63) is 81.6 Å². The number of hydrogen-bond acceptors (Lipinski definition) is 1. The highest BCUT2D eigenvalue weighted by Gasteiger charge is 2.18. The molecule has 6 heteroatoms. The molecule has 1 aromatic heterocycles. The second-order valence-electron chi connectivity index (χ2n) is 5.67. The van der Waals surface area contributed by atoms with Crippen LogP contribution in [0.2, 0.25) is 0 Å². The largest absolute Gasteiger partial charge is 0.319 e. The minimum Gasteiger partial charge on any atom is -0.319 e. The summed E-state index contributed by atoms with van der Waals surface area (Å²) >= 11 is 3.18. The number of aromatic nitrogens is 1. The van der Waals surface area contributed by atoms with Crippen molar-refractivity contribution in [3.8, 4) is 5.69 Å². The normalized spacial score (nSPS) is 10.8. The van der Waals surface area contributed by atoms with Crippen LogP contribution in [0.25, 0.3) is 5.69 Å². The van der Waals surface area contributed by atoms with Crippen LogP contribution in [0.3, 0.4) is 0 Å². The molecule has 25 heavy (non-hydrogen) atoms. The Morgan fingerprint density at radius 1 is 1.04 bits per heavy atom. The SMILES string of the molecule is Cc1cc(C(=O)Nc2ccc(Br)cc2F)c(C)n1-c1ccc(F)cc1. The van der Waals surface area contributed by atoms with Gasteiger partial charge < -0.3 is 9.88 Å². The number of anilines is 1. The van der Waals surface area contributed by atoms with E-state index in [1.165, 1.54) is 24.3 Å². The van der Waals surface area contributed by atoms with E-state index in [0.29, 0.717) is 15.7 Å². The van der Waals surface area contributed by atoms with Gasteiger partial charge in [-0.3, -0.25) is 4.79 Å². The van der Waals surface area contributed by atoms with Gasteiger partial charge in [0.05, 0.1) is 11.3 Å². The van der Waals surface area contributed by atoms with Gasteiger partial charge in [0, 0.05) is 21.5 Å². The second kappa shape index (κ2) is 6.80. The van der Waals surface area contributed by atoms with E-state index in [1.54, 1.807) is 31.2 Å². The van der Waals surface area contributed by atoms with Crippen molar-refractivity contribution in [2.45, 2.75) is 13.8 Å². The van der Waals surface area contributed by atoms with Gasteiger partial charge in [-0.1, -0.05) is 15.9 Å². The molecule has 0 unspecified atom stereocenters. The molecule has 1 heterocycles. The van der Waals surface area contributed by atoms with Crippen molar-refractivity contribution in [1.82, 2.24) is 4.57 Å². The molecule has 2 aromatic carbocycles. The number of amides is 1. The summed E-state index contributed by atoms with van der Waals surface area (Å²) in [5, 5.41) is 2.59. The van der Waals surface area contributed by atoms with Crippen LogP contribution in [-0.2, 0) is 0 Å². The number of carbonyl (C=O) groups is 1. The predicted molar refractivity (Wildman–Crippen MR) is 97.3 cm³/mol. The van der Waals surface area contributed by atoms with E-state index in [0.717, 1.165) is 11.4 Å². The van der Waals surface area contributed by atoms with Crippen LogP contribution >= 0.6 is 15.9 Å². The monoisotopic (exact) mass is 404 g/mol. The molecule has 0 saturated carbocycles. The minimum atomic E-state index is -0.518. The van der Waals surface area contributed by atoms with Crippen molar-refractivity contribution in [3.63, 3.8) is 0 Å². The smallest absolute Gasteiger partial charge is 0.257 e. The molecule has 0 atom stereocenters. The highest BCUT2D eigenvalue weighted by atomic mass is 79.9. The molecule has 0 spiro atoms. The average Bonchev–Trinajstić information content (AvgIpc) is 2.86. The molecular weight excluding hydrogens is 390 g/mol. The molecule has 3 nitrogen and oxygen atoms in total. The van der Waals surface area contributed by atoms with E-state index in [4.69, 9.17) is 0 Å². The van der Waals surface area contributed by atoms with Crippen LogP contribution in [0.5, 0.6) is 0 Å². The zero-order valence-corrected chi connectivity index (χ0v) is 15.2. The average molecular weight is 405 g/mol. The van der Waals surface area contributed by atoms with Gasteiger partial charge in [0.15, 0.2) is 0 Å². The number of nitrogens with one attached hydrogen (secondary N) is 1. The lowest BCUT2D eigenvalue weighted by molar-refractivity contribution is 0.102. The number of hydrogen-bond donors (Lipinski definition) is 1. The van der Waals surface area contributed by atoms with Crippen LogP contribution in [0, 0.1) is 25.5 Å². The van der Waals surface area contributed by atoms with Crippen molar-refractivity contribution in [2.75, 3.05) is 5.32 Å². The molecule has 3 rings (SSSR count). The van der Waals surface area contributed by atoms with Gasteiger partial charge in [0.1, 0.15) is 11.6 Å². The third-order valence-corrected chi connectivity index (χ3v) is 4.43. The summed E-state index contributed by atoms with van der Waals surface area (Å²) in [7, 11) is 0. The first-order valence-electron chi connectivity index (χ1n) is 7.58. The van der Waals surface area contributed by atoms with E-state index in [2.05, 4.69) is 21.2 Å². The summed E-state index contributed by atoms with van der Waals surface area (Å²) in [6.07, 6.45) is 0. The zero-order chi connectivity index (χ0) is 18.1. The molecular formula is C19H15BrF2N2O. The molecule has 0 aliphatic rings. The number of carbonyl (C=O) groups excluding carboxylic acids is 1. The summed E-state index contributed by atoms with van der Waals surface area (Å²) in [5.41, 5.74) is 2.82. The van der Waals surface area contributed by atoms with E-state index >= 15 is 0 Å². The first-order valence-corrected chi connectivity index (χ1v) is 8.37. The summed E-state index contributed by atoms with van der Waals surface area (Å²) in [5.74, 6) is -1.24. The second-order valence-corrected chi connectivity index (χ2v) is 6.59. The van der Waals surface area contributed by atoms with Crippen molar-refractivity contribution in [2.24, 2.45) is 0 Å². The fraction of sp³-hybridized carbons (Fsp3) is 0.105. The highest BCUT2D eigenvalue weighted by molar-refractivity contribution is 9.10. The number of nitrogens with zero attached hydrogens (tertiary/aromatic N) is 1. The van der Waals surface area contributed by atoms with Gasteiger partial charge in [-0.15, -0.1) is 0 Å². The third-order valence-electron chi connectivity index (χ3n) is 3.94. The van der Waals surface area contributed by atoms with Gasteiger partial charge in [-0.25, -0.2) is 8.78 Å². The van der Waals surface area contributed by atoms with Crippen LogP contribution in [-0.4, -0.2) is 10.5 Å². The fourth-order valence-corrected chi connectivity index (χ4v) is 3.09. The molecule has 3 aromatic rings. The first kappa shape index (κ1) is 17.4. The zero-order valence-electron chi connectivity index (χ0n) is 13.6. The quantitative estimate of drug-likeness (QED) is 0.623. The topological polar surface area (TPSA) is 34.0 Å². The highest BCUT2D eigenvalue weighted by Crippen LogP contribution is 2.24. The van der Waals surface area contributed by atoms with Crippen molar-refractivity contribution >= 4 is 27.5 Å². The maximum atomic E-state index is 13.9. The molecule has 0 radical (unpaired) electrons. The lowest BCUT2D eigenvalue weighted by Gasteiger charge is -2.10. The standard InChI is InChI=1S/C19H15BrF2N2O/c1-11-9-16(12(2)24(11)15-6-4-14(21)5-7-15)19(25)23-18-8-3-13(20)10-17(18)22/h3-10H,1-2H3,(H,23,25). The Balaban J connectivity index is 1.94. The van der Waals surface area contributed by atoms with Gasteiger partial charge in [-0.2, -0.15) is 0 Å². The van der Waals surface area contributed by atoms with Crippen molar-refractivity contribution < 1.29 is 13.6 Å². The Hall–Kier alpha value is -2.47. The summed E-state index contributed by atoms with van der Waals surface area (Å²) in [6, 6.07) is 12.2. The summed E-state index contributed by atoms with van der Waals surface area (Å²) in [6.45, 7) is 3.65. The van der Waals surface area contributed by atoms with Crippen LogP contribution in [0.1, 0.15) is 21.7 Å². The fourth-order valence-electron chi connectivity index (χ4n) is 2.76. The van der Waals surface area contributed by atoms with E-state index in [9.17, 15) is 13.6 Å². The molecule has 128 valence electrons. The van der Waals surface area contributed by atoms with Gasteiger partial charge >= 0.3 is 0 Å². The predicted octanol–water partition coefficient (Wildman–Crippen LogP) is 5.39. The molecule has 0 aliphatic heterocycles. The Bertz CT molecular complexity index is 949. The van der Waals surface area contributed by atoms with E-state index in [-0.39, 0.29) is 11.5 Å². The molecule has 0 saturated heterocycles. The number of aryl methyl sites for hydroxylation is 1. The number of rotatable bonds is 3. The third kappa shape index (κ3) is 3.49. The summed E-state index contributed by atoms with van der Waals surface area (Å²) < 4.78 is 29.5. The van der Waals surface area contributed by atoms with Crippen LogP contribution < -0.4 is 5.32 Å². The molecule has 1 N–H and O–H groups in total. The molecule has 0 bridgehead atoms. The first-order chi connectivity index (χ1) is 11.9. The maximum absolute atomic E-state index is 13.9. The Labute approximate surface area is 152 Å². The lowest BCUT2D eigenvalue weighted by atomic mass is 10.2. The van der Waals surface area contributed by atoms with Gasteiger partial charge in [0.25, 0.3) is 5.91 Å². The molecule has 1 amide bonds. The summed E-state index contributed by atoms with van der Waals surface area (Å²) in [4.78, 5) is 12.6. The maximum Gasteiger partial charge on any atom is 0.257 e. The molecule has 0 aliphatic carbocycles. The molecule has 0 fully saturated rings. The van der Waals surface area contributed by atoms with Gasteiger partial charge in [0.2, 0.25) is 0 Å². The Kier molecular flexibility index (Phi) is 4.72. The van der Waals surface area contributed by atoms with Crippen LogP contribution in [0.15, 0.2) is 53.0 Å². The van der Waals surface area contributed by atoms with E-state index < -0.39 is 11.7 Å². The lowest BCUT2D eigenvalue weighted by Crippen LogP contribution is -2.14. The van der Waals surface area contributed by atoms with E-state index in [1.807, 2.05) is 11.5 Å².